The minimum atomic E-state index is -1.11. The second kappa shape index (κ2) is 9.05. The van der Waals surface area contributed by atoms with E-state index in [1.807, 2.05) is 0 Å². The van der Waals surface area contributed by atoms with Crippen molar-refractivity contribution in [1.82, 2.24) is 4.57 Å². The molecule has 0 unspecified atom stereocenters. The van der Waals surface area contributed by atoms with E-state index in [-0.39, 0.29) is 30.1 Å². The van der Waals surface area contributed by atoms with Gasteiger partial charge in [-0.25, -0.2) is 0 Å². The van der Waals surface area contributed by atoms with Gasteiger partial charge in [-0.15, -0.1) is 0 Å². The molecule has 0 amide bonds. The SMILES string of the molecule is CCOC(=O)C[C@@H](c1oc(CO)cc(=O)c1O)c1cc2ccc(OC)cc2n(C)c1=O. The molecular weight excluding hydrogens is 406 g/mol. The van der Waals surface area contributed by atoms with Gasteiger partial charge >= 0.3 is 5.97 Å². The van der Waals surface area contributed by atoms with Gasteiger partial charge in [-0.05, 0) is 30.5 Å². The molecule has 1 atom stereocenters. The molecule has 0 saturated heterocycles. The van der Waals surface area contributed by atoms with Gasteiger partial charge in [0, 0.05) is 24.7 Å². The first kappa shape index (κ1) is 22.1. The Balaban J connectivity index is 2.28. The number of pyridine rings is 1. The molecule has 31 heavy (non-hydrogen) atoms. The molecule has 0 bridgehead atoms. The number of carbonyl (C=O) groups is 1. The fourth-order valence-corrected chi connectivity index (χ4v) is 3.44. The lowest BCUT2D eigenvalue weighted by Gasteiger charge is -2.19. The molecule has 3 rings (SSSR count). The zero-order valence-electron chi connectivity index (χ0n) is 17.4. The Labute approximate surface area is 177 Å². The number of aliphatic hydroxyl groups is 1. The lowest BCUT2D eigenvalue weighted by molar-refractivity contribution is -0.143. The summed E-state index contributed by atoms with van der Waals surface area (Å²) in [7, 11) is 3.08. The van der Waals surface area contributed by atoms with Gasteiger partial charge in [0.05, 0.1) is 31.6 Å². The van der Waals surface area contributed by atoms with Crippen molar-refractivity contribution >= 4 is 16.9 Å². The van der Waals surface area contributed by atoms with E-state index >= 15 is 0 Å². The third-order valence-corrected chi connectivity index (χ3v) is 4.99. The second-order valence-electron chi connectivity index (χ2n) is 6.90. The van der Waals surface area contributed by atoms with E-state index in [2.05, 4.69) is 0 Å². The highest BCUT2D eigenvalue weighted by Gasteiger charge is 2.29. The Kier molecular flexibility index (Phi) is 6.45. The zero-order chi connectivity index (χ0) is 22.7. The highest BCUT2D eigenvalue weighted by atomic mass is 16.5. The number of aromatic nitrogens is 1. The van der Waals surface area contributed by atoms with E-state index < -0.39 is 35.2 Å². The first-order valence-corrected chi connectivity index (χ1v) is 9.60. The fourth-order valence-electron chi connectivity index (χ4n) is 3.44. The van der Waals surface area contributed by atoms with E-state index in [0.717, 1.165) is 6.07 Å². The van der Waals surface area contributed by atoms with E-state index in [1.165, 1.54) is 11.7 Å². The molecule has 3 aromatic rings. The van der Waals surface area contributed by atoms with Crippen molar-refractivity contribution in [2.75, 3.05) is 13.7 Å². The van der Waals surface area contributed by atoms with Gasteiger partial charge in [0.2, 0.25) is 11.2 Å². The maximum atomic E-state index is 13.2. The Morgan fingerprint density at radius 1 is 1.23 bits per heavy atom. The van der Waals surface area contributed by atoms with Gasteiger partial charge in [0.15, 0.2) is 5.76 Å². The van der Waals surface area contributed by atoms with Crippen LogP contribution in [0.1, 0.15) is 36.3 Å². The highest BCUT2D eigenvalue weighted by Crippen LogP contribution is 2.33. The maximum Gasteiger partial charge on any atom is 0.306 e. The third kappa shape index (κ3) is 4.31. The van der Waals surface area contributed by atoms with E-state index in [4.69, 9.17) is 13.9 Å². The molecule has 164 valence electrons. The summed E-state index contributed by atoms with van der Waals surface area (Å²) in [5, 5.41) is 20.4. The number of aromatic hydroxyl groups is 1. The molecule has 1 aromatic carbocycles. The van der Waals surface area contributed by atoms with Crippen LogP contribution < -0.4 is 15.7 Å². The number of carbonyl (C=O) groups excluding carboxylic acids is 1. The number of esters is 1. The van der Waals surface area contributed by atoms with Gasteiger partial charge in [-0.2, -0.15) is 0 Å². The van der Waals surface area contributed by atoms with Crippen molar-refractivity contribution in [2.45, 2.75) is 25.9 Å². The van der Waals surface area contributed by atoms with Crippen molar-refractivity contribution in [3.8, 4) is 11.5 Å². The number of aryl methyl sites for hydroxylation is 1. The number of benzene rings is 1. The highest BCUT2D eigenvalue weighted by molar-refractivity contribution is 5.82. The summed E-state index contributed by atoms with van der Waals surface area (Å²) in [4.78, 5) is 37.7. The summed E-state index contributed by atoms with van der Waals surface area (Å²) in [6.07, 6.45) is -0.351. The first-order valence-electron chi connectivity index (χ1n) is 9.60. The van der Waals surface area contributed by atoms with Crippen LogP contribution in [-0.2, 0) is 23.2 Å². The Morgan fingerprint density at radius 2 is 1.97 bits per heavy atom. The summed E-state index contributed by atoms with van der Waals surface area (Å²) in [6.45, 7) is 1.16. The topological polar surface area (TPSA) is 128 Å². The second-order valence-corrected chi connectivity index (χ2v) is 6.90. The number of nitrogens with zero attached hydrogens (tertiary/aromatic N) is 1. The Bertz CT molecular complexity index is 1240. The number of methoxy groups -OCH3 is 1. The molecule has 0 radical (unpaired) electrons. The van der Waals surface area contributed by atoms with Gasteiger partial charge in [0.25, 0.3) is 5.56 Å². The summed E-state index contributed by atoms with van der Waals surface area (Å²) >= 11 is 0. The molecule has 2 N–H and O–H groups in total. The van der Waals surface area contributed by atoms with Crippen LogP contribution in [0.25, 0.3) is 10.9 Å². The van der Waals surface area contributed by atoms with E-state index in [9.17, 15) is 24.6 Å². The summed E-state index contributed by atoms with van der Waals surface area (Å²) in [6, 6.07) is 7.70. The number of fused-ring (bicyclic) bond motifs is 1. The third-order valence-electron chi connectivity index (χ3n) is 4.99. The molecule has 0 aliphatic heterocycles. The van der Waals surface area contributed by atoms with Crippen LogP contribution in [0.15, 0.2) is 44.3 Å². The Hall–Kier alpha value is -3.59. The summed E-state index contributed by atoms with van der Waals surface area (Å²) < 4.78 is 17.1. The number of rotatable bonds is 7. The predicted molar refractivity (Wildman–Crippen MR) is 111 cm³/mol. The van der Waals surface area contributed by atoms with Crippen LogP contribution in [-0.4, -0.2) is 34.5 Å². The average Bonchev–Trinajstić information content (AvgIpc) is 2.76. The first-order chi connectivity index (χ1) is 14.8. The maximum absolute atomic E-state index is 13.2. The van der Waals surface area contributed by atoms with Crippen molar-refractivity contribution in [3.63, 3.8) is 0 Å². The molecular formula is C22H23NO8. The molecule has 0 aliphatic carbocycles. The van der Waals surface area contributed by atoms with Gasteiger partial charge in [-0.1, -0.05) is 0 Å². The summed E-state index contributed by atoms with van der Waals surface area (Å²) in [5.41, 5.74) is -0.521. The van der Waals surface area contributed by atoms with Crippen LogP contribution >= 0.6 is 0 Å². The van der Waals surface area contributed by atoms with Crippen LogP contribution in [0.3, 0.4) is 0 Å². The number of hydrogen-bond acceptors (Lipinski definition) is 8. The minimum absolute atomic E-state index is 0.103. The van der Waals surface area contributed by atoms with Crippen LogP contribution in [0.4, 0.5) is 0 Å². The Morgan fingerprint density at radius 3 is 2.61 bits per heavy atom. The predicted octanol–water partition coefficient (Wildman–Crippen LogP) is 1.78. The van der Waals surface area contributed by atoms with Crippen LogP contribution in [0, 0.1) is 0 Å². The van der Waals surface area contributed by atoms with Crippen LogP contribution in [0.5, 0.6) is 11.5 Å². The molecule has 0 saturated carbocycles. The molecule has 2 aromatic heterocycles. The van der Waals surface area contributed by atoms with E-state index in [1.54, 1.807) is 38.2 Å². The largest absolute Gasteiger partial charge is 0.502 e. The molecule has 9 nitrogen and oxygen atoms in total. The van der Waals surface area contributed by atoms with Crippen molar-refractivity contribution in [1.29, 1.82) is 0 Å². The average molecular weight is 429 g/mol. The number of hydrogen-bond donors (Lipinski definition) is 2. The van der Waals surface area contributed by atoms with Crippen LogP contribution in [0.2, 0.25) is 0 Å². The van der Waals surface area contributed by atoms with Gasteiger partial charge < -0.3 is 28.7 Å². The number of ether oxygens (including phenoxy) is 2. The van der Waals surface area contributed by atoms with Gasteiger partial charge in [-0.3, -0.25) is 14.4 Å². The molecule has 0 fully saturated rings. The van der Waals surface area contributed by atoms with Crippen molar-refractivity contribution in [3.05, 3.63) is 68.0 Å². The minimum Gasteiger partial charge on any atom is -0.502 e. The quantitative estimate of drug-likeness (QED) is 0.544. The lowest BCUT2D eigenvalue weighted by atomic mass is 9.92. The fraction of sp³-hybridized carbons (Fsp3) is 0.318. The van der Waals surface area contributed by atoms with E-state index in [0.29, 0.717) is 16.7 Å². The zero-order valence-corrected chi connectivity index (χ0v) is 17.4. The molecule has 9 heteroatoms. The summed E-state index contributed by atoms with van der Waals surface area (Å²) in [5.74, 6) is -2.30. The van der Waals surface area contributed by atoms with Crippen molar-refractivity contribution in [2.24, 2.45) is 7.05 Å². The lowest BCUT2D eigenvalue weighted by Crippen LogP contribution is -2.26. The smallest absolute Gasteiger partial charge is 0.306 e. The number of aliphatic hydroxyl groups excluding tert-OH is 1. The molecule has 0 spiro atoms. The monoisotopic (exact) mass is 429 g/mol. The standard InChI is InChI=1S/C22H23NO8/c1-4-30-19(26)10-15(21-20(27)18(25)9-14(11-24)31-21)16-7-12-5-6-13(29-3)8-17(12)23(2)22(16)28/h5-9,15,24,27H,4,10-11H2,1-3H3/t15-/m1/s1. The van der Waals surface area contributed by atoms with Crippen molar-refractivity contribution < 1.29 is 28.9 Å². The van der Waals surface area contributed by atoms with Gasteiger partial charge in [0.1, 0.15) is 18.1 Å². The molecule has 2 heterocycles. The molecule has 0 aliphatic rings. The normalized spacial score (nSPS) is 12.0.